The number of ether oxygens (including phenoxy) is 3. The molecule has 0 aromatic rings. The normalized spacial score (nSPS) is 32.8. The fourth-order valence-electron chi connectivity index (χ4n) is 3.07. The largest absolute Gasteiger partial charge is 0.489 e. The van der Waals surface area contributed by atoms with Gasteiger partial charge in [-0.15, -0.1) is 0 Å². The van der Waals surface area contributed by atoms with Crippen LogP contribution in [0, 0.1) is 5.92 Å². The number of allylic oxidation sites excluding steroid dienone is 2. The van der Waals surface area contributed by atoms with Crippen LogP contribution in [0.25, 0.3) is 0 Å². The van der Waals surface area contributed by atoms with Crippen LogP contribution in [0.4, 0.5) is 0 Å². The van der Waals surface area contributed by atoms with Gasteiger partial charge >= 0.3 is 0 Å². The first-order chi connectivity index (χ1) is 11.1. The summed E-state index contributed by atoms with van der Waals surface area (Å²) >= 11 is 0. The molecule has 0 radical (unpaired) electrons. The van der Waals surface area contributed by atoms with Crippen molar-refractivity contribution in [3.8, 4) is 0 Å². The summed E-state index contributed by atoms with van der Waals surface area (Å²) in [5, 5.41) is 9.88. The Morgan fingerprint density at radius 2 is 2.00 bits per heavy atom. The van der Waals surface area contributed by atoms with Crippen LogP contribution in [0.2, 0.25) is 0 Å². The SMILES string of the molecule is C=C(/C=C/CCC1(O[C@@H]2O[C@@H](C)[C@H](O)C[C@H]2C)CC1)OC(C)(C)C. The average Bonchev–Trinajstić information content (AvgIpc) is 3.19. The second-order valence-electron chi connectivity index (χ2n) is 8.41. The van der Waals surface area contributed by atoms with E-state index in [0.29, 0.717) is 5.76 Å². The van der Waals surface area contributed by atoms with Crippen LogP contribution in [0.5, 0.6) is 0 Å². The standard InChI is InChI=1S/C20H34O4/c1-14-13-17(21)16(3)22-18(14)24-20(11-12-20)10-8-7-9-15(2)23-19(4,5)6/h7,9,14,16-18,21H,2,8,10-13H2,1,3-6H3/b9-7+/t14-,16+,17-,18+/m1/s1. The van der Waals surface area contributed by atoms with Gasteiger partial charge in [-0.3, -0.25) is 0 Å². The minimum atomic E-state index is -0.383. The quantitative estimate of drug-likeness (QED) is 0.554. The molecular weight excluding hydrogens is 304 g/mol. The highest BCUT2D eigenvalue weighted by atomic mass is 16.7. The molecule has 2 rings (SSSR count). The van der Waals surface area contributed by atoms with Crippen molar-refractivity contribution < 1.29 is 19.3 Å². The Balaban J connectivity index is 1.76. The minimum absolute atomic E-state index is 0.0442. The maximum atomic E-state index is 9.88. The highest BCUT2D eigenvalue weighted by Gasteiger charge is 2.47. The Hall–Kier alpha value is -0.840. The molecule has 0 aromatic carbocycles. The summed E-state index contributed by atoms with van der Waals surface area (Å²) < 4.78 is 17.8. The molecule has 2 fully saturated rings. The number of hydrogen-bond acceptors (Lipinski definition) is 4. The van der Waals surface area contributed by atoms with Gasteiger partial charge in [0, 0.05) is 5.92 Å². The van der Waals surface area contributed by atoms with E-state index in [2.05, 4.69) is 19.6 Å². The molecule has 0 amide bonds. The summed E-state index contributed by atoms with van der Waals surface area (Å²) in [5.41, 5.74) is -0.254. The van der Waals surface area contributed by atoms with Gasteiger partial charge < -0.3 is 19.3 Å². The molecule has 24 heavy (non-hydrogen) atoms. The Kier molecular flexibility index (Phi) is 6.16. The first-order valence-electron chi connectivity index (χ1n) is 9.16. The van der Waals surface area contributed by atoms with Gasteiger partial charge in [-0.25, -0.2) is 0 Å². The van der Waals surface area contributed by atoms with Gasteiger partial charge in [-0.2, -0.15) is 0 Å². The minimum Gasteiger partial charge on any atom is -0.489 e. The van der Waals surface area contributed by atoms with E-state index in [0.717, 1.165) is 32.1 Å². The van der Waals surface area contributed by atoms with E-state index in [4.69, 9.17) is 14.2 Å². The summed E-state index contributed by atoms with van der Waals surface area (Å²) in [6.07, 6.45) is 8.15. The van der Waals surface area contributed by atoms with Crippen molar-refractivity contribution in [2.75, 3.05) is 0 Å². The number of hydrogen-bond donors (Lipinski definition) is 1. The molecule has 0 bridgehead atoms. The molecule has 4 atom stereocenters. The molecule has 0 unspecified atom stereocenters. The van der Waals surface area contributed by atoms with Gasteiger partial charge in [0.2, 0.25) is 0 Å². The van der Waals surface area contributed by atoms with Crippen LogP contribution in [-0.4, -0.2) is 34.8 Å². The highest BCUT2D eigenvalue weighted by molar-refractivity contribution is 5.09. The van der Waals surface area contributed by atoms with E-state index in [1.807, 2.05) is 33.8 Å². The maximum absolute atomic E-state index is 9.88. The number of rotatable bonds is 7. The topological polar surface area (TPSA) is 47.9 Å². The molecule has 1 saturated carbocycles. The molecule has 4 nitrogen and oxygen atoms in total. The summed E-state index contributed by atoms with van der Waals surface area (Å²) in [7, 11) is 0. The lowest BCUT2D eigenvalue weighted by molar-refractivity contribution is -0.263. The van der Waals surface area contributed by atoms with Crippen LogP contribution in [0.3, 0.4) is 0 Å². The van der Waals surface area contributed by atoms with Crippen molar-refractivity contribution in [1.29, 1.82) is 0 Å². The molecule has 4 heteroatoms. The zero-order chi connectivity index (χ0) is 18.0. The second-order valence-corrected chi connectivity index (χ2v) is 8.41. The van der Waals surface area contributed by atoms with Gasteiger partial charge in [0.05, 0.1) is 17.8 Å². The molecule has 0 aromatic heterocycles. The molecule has 1 N–H and O–H groups in total. The first kappa shape index (κ1) is 19.5. The molecule has 0 spiro atoms. The van der Waals surface area contributed by atoms with E-state index in [1.165, 1.54) is 0 Å². The van der Waals surface area contributed by atoms with Crippen LogP contribution in [0.15, 0.2) is 24.5 Å². The summed E-state index contributed by atoms with van der Waals surface area (Å²) in [6, 6.07) is 0. The van der Waals surface area contributed by atoms with Crippen molar-refractivity contribution in [2.24, 2.45) is 5.92 Å². The van der Waals surface area contributed by atoms with Gasteiger partial charge in [0.25, 0.3) is 0 Å². The lowest BCUT2D eigenvalue weighted by atomic mass is 9.96. The molecule has 1 heterocycles. The number of aliphatic hydroxyl groups is 1. The Morgan fingerprint density at radius 3 is 2.58 bits per heavy atom. The van der Waals surface area contributed by atoms with E-state index in [-0.39, 0.29) is 35.6 Å². The van der Waals surface area contributed by atoms with Crippen molar-refractivity contribution in [3.05, 3.63) is 24.5 Å². The summed E-state index contributed by atoms with van der Waals surface area (Å²) in [4.78, 5) is 0. The molecule has 1 aliphatic carbocycles. The van der Waals surface area contributed by atoms with Crippen LogP contribution in [0.1, 0.15) is 66.7 Å². The molecule has 2 aliphatic rings. The molecule has 1 aliphatic heterocycles. The third-order valence-electron chi connectivity index (χ3n) is 4.65. The predicted molar refractivity (Wildman–Crippen MR) is 95.5 cm³/mol. The first-order valence-corrected chi connectivity index (χ1v) is 9.16. The Labute approximate surface area is 146 Å². The van der Waals surface area contributed by atoms with Crippen molar-refractivity contribution in [1.82, 2.24) is 0 Å². The Bertz CT molecular complexity index is 459. The number of aliphatic hydroxyl groups excluding tert-OH is 1. The average molecular weight is 338 g/mol. The van der Waals surface area contributed by atoms with E-state index in [9.17, 15) is 5.11 Å². The summed E-state index contributed by atoms with van der Waals surface area (Å²) in [6.45, 7) is 14.0. The lowest BCUT2D eigenvalue weighted by Gasteiger charge is -2.38. The second kappa shape index (κ2) is 7.59. The maximum Gasteiger partial charge on any atom is 0.161 e. The third kappa shape index (κ3) is 5.91. The highest BCUT2D eigenvalue weighted by Crippen LogP contribution is 2.46. The van der Waals surface area contributed by atoms with Crippen LogP contribution >= 0.6 is 0 Å². The smallest absolute Gasteiger partial charge is 0.161 e. The zero-order valence-electron chi connectivity index (χ0n) is 15.9. The Morgan fingerprint density at radius 1 is 1.33 bits per heavy atom. The van der Waals surface area contributed by atoms with Gasteiger partial charge in [-0.05, 0) is 65.9 Å². The third-order valence-corrected chi connectivity index (χ3v) is 4.65. The summed E-state index contributed by atoms with van der Waals surface area (Å²) in [5.74, 6) is 0.921. The van der Waals surface area contributed by atoms with Crippen LogP contribution < -0.4 is 0 Å². The lowest BCUT2D eigenvalue weighted by Crippen LogP contribution is -2.44. The van der Waals surface area contributed by atoms with E-state index in [1.54, 1.807) is 0 Å². The predicted octanol–water partition coefficient (Wildman–Crippen LogP) is 4.33. The van der Waals surface area contributed by atoms with Crippen molar-refractivity contribution in [2.45, 2.75) is 96.4 Å². The van der Waals surface area contributed by atoms with Crippen LogP contribution in [-0.2, 0) is 14.2 Å². The van der Waals surface area contributed by atoms with Crippen molar-refractivity contribution in [3.63, 3.8) is 0 Å². The van der Waals surface area contributed by atoms with Gasteiger partial charge in [-0.1, -0.05) is 19.6 Å². The van der Waals surface area contributed by atoms with Crippen molar-refractivity contribution >= 4 is 0 Å². The molecule has 1 saturated heterocycles. The zero-order valence-corrected chi connectivity index (χ0v) is 15.9. The molecular formula is C20H34O4. The fraction of sp³-hybridized carbons (Fsp3) is 0.800. The van der Waals surface area contributed by atoms with Gasteiger partial charge in [0.15, 0.2) is 6.29 Å². The monoisotopic (exact) mass is 338 g/mol. The van der Waals surface area contributed by atoms with E-state index >= 15 is 0 Å². The van der Waals surface area contributed by atoms with E-state index < -0.39 is 0 Å². The fourth-order valence-corrected chi connectivity index (χ4v) is 3.07. The van der Waals surface area contributed by atoms with Gasteiger partial charge in [0.1, 0.15) is 11.4 Å². The molecule has 138 valence electrons.